The van der Waals surface area contributed by atoms with Gasteiger partial charge in [-0.15, -0.1) is 0 Å². The summed E-state index contributed by atoms with van der Waals surface area (Å²) in [6, 6.07) is 6.59. The summed E-state index contributed by atoms with van der Waals surface area (Å²) in [5.74, 6) is -1.10. The molecule has 1 heterocycles. The van der Waals surface area contributed by atoms with Crippen molar-refractivity contribution in [2.75, 3.05) is 6.54 Å². The Kier molecular flexibility index (Phi) is 5.12. The zero-order valence-corrected chi connectivity index (χ0v) is 12.7. The van der Waals surface area contributed by atoms with Gasteiger partial charge in [0, 0.05) is 30.5 Å². The predicted octanol–water partition coefficient (Wildman–Crippen LogP) is 4.12. The van der Waals surface area contributed by atoms with Gasteiger partial charge in [0.1, 0.15) is 0 Å². The second-order valence-electron chi connectivity index (χ2n) is 5.61. The number of hydrogen-bond donors (Lipinski definition) is 1. The van der Waals surface area contributed by atoms with Crippen LogP contribution in [0, 0.1) is 17.6 Å². The Balaban J connectivity index is 2.18. The van der Waals surface area contributed by atoms with Crippen LogP contribution in [0.5, 0.6) is 0 Å². The van der Waals surface area contributed by atoms with Gasteiger partial charge in [0.2, 0.25) is 0 Å². The molecule has 0 aliphatic heterocycles. The highest BCUT2D eigenvalue weighted by Gasteiger charge is 2.16. The van der Waals surface area contributed by atoms with Crippen LogP contribution in [0.4, 0.5) is 8.78 Å². The fraction of sp³-hybridized carbons (Fsp3) is 0.412. The highest BCUT2D eigenvalue weighted by atomic mass is 19.2. The van der Waals surface area contributed by atoms with E-state index < -0.39 is 11.6 Å². The van der Waals surface area contributed by atoms with Crippen LogP contribution in [0.25, 0.3) is 0 Å². The average molecular weight is 292 g/mol. The number of aromatic nitrogens is 1. The Labute approximate surface area is 124 Å². The molecule has 1 aromatic heterocycles. The number of halogens is 2. The Bertz CT molecular complexity index is 590. The number of benzene rings is 1. The summed E-state index contributed by atoms with van der Waals surface area (Å²) >= 11 is 0. The highest BCUT2D eigenvalue weighted by Crippen LogP contribution is 2.22. The molecule has 4 heteroatoms. The van der Waals surface area contributed by atoms with E-state index in [2.05, 4.69) is 26.1 Å². The van der Waals surface area contributed by atoms with Crippen molar-refractivity contribution < 1.29 is 8.78 Å². The monoisotopic (exact) mass is 292 g/mol. The van der Waals surface area contributed by atoms with Gasteiger partial charge in [0.05, 0.1) is 0 Å². The standard InChI is InChI=1S/C17H22F2N2/c1-4-20-17(12(2)3)14-8-9-21(11-14)10-13-6-5-7-15(18)16(13)19/h5-9,11-12,17,20H,4,10H2,1-3H3. The molecule has 2 rings (SSSR count). The summed E-state index contributed by atoms with van der Waals surface area (Å²) in [5.41, 5.74) is 1.53. The molecule has 2 nitrogen and oxygen atoms in total. The zero-order chi connectivity index (χ0) is 15.4. The van der Waals surface area contributed by atoms with Gasteiger partial charge < -0.3 is 9.88 Å². The van der Waals surface area contributed by atoms with Crippen molar-refractivity contribution in [2.24, 2.45) is 5.92 Å². The summed E-state index contributed by atoms with van der Waals surface area (Å²) < 4.78 is 28.8. The van der Waals surface area contributed by atoms with Gasteiger partial charge >= 0.3 is 0 Å². The molecule has 2 aromatic rings. The minimum Gasteiger partial charge on any atom is -0.349 e. The molecule has 1 aromatic carbocycles. The third kappa shape index (κ3) is 3.70. The van der Waals surface area contributed by atoms with Crippen molar-refractivity contribution in [1.82, 2.24) is 9.88 Å². The van der Waals surface area contributed by atoms with Crippen LogP contribution in [0.2, 0.25) is 0 Å². The molecule has 0 amide bonds. The summed E-state index contributed by atoms with van der Waals surface area (Å²) in [6.07, 6.45) is 3.91. The molecule has 0 saturated heterocycles. The van der Waals surface area contributed by atoms with Gasteiger partial charge in [-0.2, -0.15) is 0 Å². The molecule has 1 unspecified atom stereocenters. The molecule has 1 atom stereocenters. The van der Waals surface area contributed by atoms with Gasteiger partial charge in [-0.3, -0.25) is 0 Å². The Hall–Kier alpha value is -1.68. The maximum absolute atomic E-state index is 13.7. The van der Waals surface area contributed by atoms with E-state index in [1.165, 1.54) is 11.6 Å². The third-order valence-electron chi connectivity index (χ3n) is 3.61. The van der Waals surface area contributed by atoms with E-state index in [-0.39, 0.29) is 6.04 Å². The van der Waals surface area contributed by atoms with Crippen LogP contribution in [0.1, 0.15) is 37.9 Å². The maximum Gasteiger partial charge on any atom is 0.163 e. The van der Waals surface area contributed by atoms with E-state index in [1.807, 2.05) is 23.0 Å². The molecule has 0 spiro atoms. The lowest BCUT2D eigenvalue weighted by Crippen LogP contribution is -2.25. The second kappa shape index (κ2) is 6.85. The number of hydrogen-bond acceptors (Lipinski definition) is 1. The fourth-order valence-electron chi connectivity index (χ4n) is 2.57. The smallest absolute Gasteiger partial charge is 0.163 e. The largest absolute Gasteiger partial charge is 0.349 e. The lowest BCUT2D eigenvalue weighted by molar-refractivity contribution is 0.421. The summed E-state index contributed by atoms with van der Waals surface area (Å²) in [5, 5.41) is 3.45. The lowest BCUT2D eigenvalue weighted by Gasteiger charge is -2.20. The molecule has 21 heavy (non-hydrogen) atoms. The topological polar surface area (TPSA) is 17.0 Å². The Morgan fingerprint density at radius 2 is 1.95 bits per heavy atom. The minimum absolute atomic E-state index is 0.272. The molecule has 0 bridgehead atoms. The number of rotatable bonds is 6. The van der Waals surface area contributed by atoms with Crippen molar-refractivity contribution >= 4 is 0 Å². The first kappa shape index (κ1) is 15.7. The third-order valence-corrected chi connectivity index (χ3v) is 3.61. The van der Waals surface area contributed by atoms with Crippen molar-refractivity contribution in [1.29, 1.82) is 0 Å². The van der Waals surface area contributed by atoms with E-state index in [0.29, 0.717) is 18.0 Å². The quantitative estimate of drug-likeness (QED) is 0.847. The van der Waals surface area contributed by atoms with Crippen LogP contribution >= 0.6 is 0 Å². The van der Waals surface area contributed by atoms with E-state index in [0.717, 1.165) is 12.6 Å². The average Bonchev–Trinajstić information content (AvgIpc) is 2.89. The normalized spacial score (nSPS) is 12.9. The summed E-state index contributed by atoms with van der Waals surface area (Å²) in [6.45, 7) is 7.63. The minimum atomic E-state index is -0.799. The van der Waals surface area contributed by atoms with Crippen molar-refractivity contribution in [3.8, 4) is 0 Å². The first-order valence-corrected chi connectivity index (χ1v) is 7.34. The van der Waals surface area contributed by atoms with Crippen LogP contribution in [0.15, 0.2) is 36.7 Å². The van der Waals surface area contributed by atoms with Crippen molar-refractivity contribution in [2.45, 2.75) is 33.4 Å². The van der Waals surface area contributed by atoms with Gasteiger partial charge in [0.15, 0.2) is 11.6 Å². The Morgan fingerprint density at radius 1 is 1.19 bits per heavy atom. The second-order valence-corrected chi connectivity index (χ2v) is 5.61. The summed E-state index contributed by atoms with van der Waals surface area (Å²) in [4.78, 5) is 0. The molecule has 0 fully saturated rings. The molecule has 1 N–H and O–H groups in total. The number of nitrogens with zero attached hydrogens (tertiary/aromatic N) is 1. The SMILES string of the molecule is CCNC(c1ccn(Cc2cccc(F)c2F)c1)C(C)C. The zero-order valence-electron chi connectivity index (χ0n) is 12.7. The summed E-state index contributed by atoms with van der Waals surface area (Å²) in [7, 11) is 0. The van der Waals surface area contributed by atoms with E-state index in [1.54, 1.807) is 6.07 Å². The molecule has 0 aliphatic carbocycles. The van der Waals surface area contributed by atoms with Gasteiger partial charge in [-0.05, 0) is 30.2 Å². The van der Waals surface area contributed by atoms with E-state index >= 15 is 0 Å². The van der Waals surface area contributed by atoms with Crippen LogP contribution in [0.3, 0.4) is 0 Å². The van der Waals surface area contributed by atoms with E-state index in [9.17, 15) is 8.78 Å². The van der Waals surface area contributed by atoms with Crippen molar-refractivity contribution in [3.63, 3.8) is 0 Å². The number of nitrogens with one attached hydrogen (secondary N) is 1. The van der Waals surface area contributed by atoms with Gasteiger partial charge in [0.25, 0.3) is 0 Å². The predicted molar refractivity (Wildman–Crippen MR) is 81.1 cm³/mol. The van der Waals surface area contributed by atoms with Crippen LogP contribution in [-0.4, -0.2) is 11.1 Å². The van der Waals surface area contributed by atoms with Crippen molar-refractivity contribution in [3.05, 3.63) is 59.4 Å². The molecular formula is C17H22F2N2. The Morgan fingerprint density at radius 3 is 2.62 bits per heavy atom. The lowest BCUT2D eigenvalue weighted by atomic mass is 9.98. The maximum atomic E-state index is 13.7. The van der Waals surface area contributed by atoms with Crippen LogP contribution < -0.4 is 5.32 Å². The fourth-order valence-corrected chi connectivity index (χ4v) is 2.57. The molecular weight excluding hydrogens is 270 g/mol. The van der Waals surface area contributed by atoms with E-state index in [4.69, 9.17) is 0 Å². The molecule has 0 aliphatic rings. The van der Waals surface area contributed by atoms with Crippen LogP contribution in [-0.2, 0) is 6.54 Å². The highest BCUT2D eigenvalue weighted by molar-refractivity contribution is 5.22. The molecule has 0 radical (unpaired) electrons. The van der Waals surface area contributed by atoms with Gasteiger partial charge in [-0.1, -0.05) is 32.9 Å². The first-order valence-electron chi connectivity index (χ1n) is 7.34. The molecule has 114 valence electrons. The van der Waals surface area contributed by atoms with Gasteiger partial charge in [-0.25, -0.2) is 8.78 Å². The first-order chi connectivity index (χ1) is 10.0. The molecule has 0 saturated carbocycles.